The van der Waals surface area contributed by atoms with Crippen LogP contribution in [0.3, 0.4) is 0 Å². The molecule has 0 N–H and O–H groups in total. The van der Waals surface area contributed by atoms with Gasteiger partial charge in [0, 0.05) is 0 Å². The van der Waals surface area contributed by atoms with Crippen molar-refractivity contribution in [2.24, 2.45) is 0 Å². The normalized spacial score (nSPS) is 28.3. The van der Waals surface area contributed by atoms with E-state index in [0.717, 1.165) is 6.61 Å². The molecular weight excluding hydrogens is 88.1 g/mol. The lowest BCUT2D eigenvalue weighted by Gasteiger charge is -1.96. The van der Waals surface area contributed by atoms with E-state index in [4.69, 9.17) is 4.74 Å². The summed E-state index contributed by atoms with van der Waals surface area (Å²) in [4.78, 5) is 0. The Labute approximate surface area is 43.3 Å². The van der Waals surface area contributed by atoms with E-state index in [0.29, 0.717) is 0 Å². The van der Waals surface area contributed by atoms with Crippen LogP contribution in [0.4, 0.5) is 0 Å². The van der Waals surface area contributed by atoms with Gasteiger partial charge in [0.15, 0.2) is 0 Å². The molecule has 1 heteroatoms. The summed E-state index contributed by atoms with van der Waals surface area (Å²) in [5.41, 5.74) is 0. The van der Waals surface area contributed by atoms with Gasteiger partial charge in [-0.05, 0) is 0 Å². The molecule has 1 aliphatic rings. The standard InChI is InChI=1S/C6H8O/c1-2-6-4-3-5-7-6/h2-4,6H,1,5H2. The van der Waals surface area contributed by atoms with Gasteiger partial charge in [-0.2, -0.15) is 0 Å². The second kappa shape index (κ2) is 1.94. The average molecular weight is 96.1 g/mol. The minimum absolute atomic E-state index is 0.181. The van der Waals surface area contributed by atoms with Crippen molar-refractivity contribution < 1.29 is 4.74 Å². The number of rotatable bonds is 1. The molecule has 1 rings (SSSR count). The first-order valence-electron chi connectivity index (χ1n) is 2.34. The second-order valence-corrected chi connectivity index (χ2v) is 1.46. The Morgan fingerprint density at radius 1 is 1.86 bits per heavy atom. The van der Waals surface area contributed by atoms with E-state index in [9.17, 15) is 0 Å². The molecule has 0 aromatic carbocycles. The maximum Gasteiger partial charge on any atom is 0.0940 e. The van der Waals surface area contributed by atoms with Gasteiger partial charge >= 0.3 is 0 Å². The van der Waals surface area contributed by atoms with Crippen LogP contribution in [-0.2, 0) is 4.74 Å². The Kier molecular flexibility index (Phi) is 1.27. The molecule has 38 valence electrons. The predicted molar refractivity (Wildman–Crippen MR) is 29.1 cm³/mol. The molecule has 0 fully saturated rings. The van der Waals surface area contributed by atoms with Gasteiger partial charge in [-0.1, -0.05) is 18.2 Å². The lowest BCUT2D eigenvalue weighted by Crippen LogP contribution is -1.97. The summed E-state index contributed by atoms with van der Waals surface area (Å²) in [6.45, 7) is 4.31. The summed E-state index contributed by atoms with van der Waals surface area (Å²) < 4.78 is 5.07. The van der Waals surface area contributed by atoms with Gasteiger partial charge in [-0.3, -0.25) is 0 Å². The van der Waals surface area contributed by atoms with Gasteiger partial charge in [0.25, 0.3) is 0 Å². The molecule has 0 spiro atoms. The van der Waals surface area contributed by atoms with Crippen molar-refractivity contribution in [3.05, 3.63) is 24.8 Å². The van der Waals surface area contributed by atoms with Gasteiger partial charge in [0.2, 0.25) is 0 Å². The van der Waals surface area contributed by atoms with Crippen molar-refractivity contribution in [3.63, 3.8) is 0 Å². The quantitative estimate of drug-likeness (QED) is 0.444. The molecule has 1 nitrogen and oxygen atoms in total. The van der Waals surface area contributed by atoms with Crippen LogP contribution in [0.5, 0.6) is 0 Å². The Morgan fingerprint density at radius 3 is 3.00 bits per heavy atom. The van der Waals surface area contributed by atoms with Gasteiger partial charge in [0.1, 0.15) is 0 Å². The number of ether oxygens (including phenoxy) is 1. The first kappa shape index (κ1) is 4.60. The van der Waals surface area contributed by atoms with Crippen molar-refractivity contribution in [1.29, 1.82) is 0 Å². The van der Waals surface area contributed by atoms with Crippen molar-refractivity contribution in [2.75, 3.05) is 6.61 Å². The molecule has 0 aliphatic carbocycles. The van der Waals surface area contributed by atoms with Crippen molar-refractivity contribution >= 4 is 0 Å². The van der Waals surface area contributed by atoms with Crippen LogP contribution in [0.1, 0.15) is 0 Å². The summed E-state index contributed by atoms with van der Waals surface area (Å²) in [6, 6.07) is 0. The minimum atomic E-state index is 0.181. The van der Waals surface area contributed by atoms with E-state index in [1.807, 2.05) is 12.2 Å². The highest BCUT2D eigenvalue weighted by molar-refractivity contribution is 5.03. The zero-order valence-electron chi connectivity index (χ0n) is 4.13. The van der Waals surface area contributed by atoms with E-state index in [1.54, 1.807) is 6.08 Å². The average Bonchev–Trinajstić information content (AvgIpc) is 2.14. The zero-order valence-corrected chi connectivity index (χ0v) is 4.13. The molecule has 0 saturated heterocycles. The topological polar surface area (TPSA) is 9.23 Å². The highest BCUT2D eigenvalue weighted by Crippen LogP contribution is 2.01. The van der Waals surface area contributed by atoms with Crippen molar-refractivity contribution in [2.45, 2.75) is 6.10 Å². The van der Waals surface area contributed by atoms with E-state index >= 15 is 0 Å². The van der Waals surface area contributed by atoms with Gasteiger partial charge in [-0.25, -0.2) is 0 Å². The highest BCUT2D eigenvalue weighted by atomic mass is 16.5. The summed E-state index contributed by atoms with van der Waals surface area (Å²) in [7, 11) is 0. The summed E-state index contributed by atoms with van der Waals surface area (Å²) in [6.07, 6.45) is 5.95. The van der Waals surface area contributed by atoms with Crippen LogP contribution in [0.2, 0.25) is 0 Å². The number of hydrogen-bond acceptors (Lipinski definition) is 1. The van der Waals surface area contributed by atoms with Crippen molar-refractivity contribution in [1.82, 2.24) is 0 Å². The van der Waals surface area contributed by atoms with E-state index in [-0.39, 0.29) is 6.10 Å². The van der Waals surface area contributed by atoms with E-state index in [1.165, 1.54) is 0 Å². The molecule has 0 saturated carbocycles. The Hall–Kier alpha value is -0.560. The SMILES string of the molecule is C=CC1C=CCO1. The second-order valence-electron chi connectivity index (χ2n) is 1.46. The third-order valence-corrected chi connectivity index (χ3v) is 0.943. The smallest absolute Gasteiger partial charge is 0.0940 e. The Morgan fingerprint density at radius 2 is 2.71 bits per heavy atom. The third kappa shape index (κ3) is 0.904. The monoisotopic (exact) mass is 96.1 g/mol. The maximum absolute atomic E-state index is 5.07. The van der Waals surface area contributed by atoms with Crippen LogP contribution in [0.15, 0.2) is 24.8 Å². The molecular formula is C6H8O. The zero-order chi connectivity index (χ0) is 5.11. The van der Waals surface area contributed by atoms with Crippen LogP contribution in [-0.4, -0.2) is 12.7 Å². The molecule has 0 aromatic heterocycles. The fourth-order valence-electron chi connectivity index (χ4n) is 0.559. The Bertz CT molecular complexity index is 94.4. The lowest BCUT2D eigenvalue weighted by molar-refractivity contribution is 0.162. The summed E-state index contributed by atoms with van der Waals surface area (Å²) in [5, 5.41) is 0. The summed E-state index contributed by atoms with van der Waals surface area (Å²) >= 11 is 0. The van der Waals surface area contributed by atoms with Crippen LogP contribution in [0.25, 0.3) is 0 Å². The molecule has 0 bridgehead atoms. The van der Waals surface area contributed by atoms with Gasteiger partial charge in [0.05, 0.1) is 12.7 Å². The molecule has 7 heavy (non-hydrogen) atoms. The highest BCUT2D eigenvalue weighted by Gasteiger charge is 2.01. The molecule has 1 atom stereocenters. The van der Waals surface area contributed by atoms with E-state index in [2.05, 4.69) is 6.58 Å². The first-order chi connectivity index (χ1) is 3.43. The molecule has 0 radical (unpaired) electrons. The molecule has 0 aromatic rings. The summed E-state index contributed by atoms with van der Waals surface area (Å²) in [5.74, 6) is 0. The fraction of sp³-hybridized carbons (Fsp3) is 0.333. The molecule has 0 amide bonds. The van der Waals surface area contributed by atoms with Crippen molar-refractivity contribution in [3.8, 4) is 0 Å². The van der Waals surface area contributed by atoms with Crippen LogP contribution in [0, 0.1) is 0 Å². The third-order valence-electron chi connectivity index (χ3n) is 0.943. The van der Waals surface area contributed by atoms with Crippen LogP contribution >= 0.6 is 0 Å². The van der Waals surface area contributed by atoms with Crippen LogP contribution < -0.4 is 0 Å². The molecule has 1 aliphatic heterocycles. The predicted octanol–water partition coefficient (Wildman–Crippen LogP) is 1.13. The molecule has 1 unspecified atom stereocenters. The largest absolute Gasteiger partial charge is 0.366 e. The first-order valence-corrected chi connectivity index (χ1v) is 2.34. The van der Waals surface area contributed by atoms with E-state index < -0.39 is 0 Å². The molecule has 1 heterocycles. The van der Waals surface area contributed by atoms with Gasteiger partial charge < -0.3 is 4.74 Å². The van der Waals surface area contributed by atoms with Gasteiger partial charge in [-0.15, -0.1) is 6.58 Å². The lowest BCUT2D eigenvalue weighted by atomic mass is 10.3. The fourth-order valence-corrected chi connectivity index (χ4v) is 0.559. The minimum Gasteiger partial charge on any atom is -0.366 e. The Balaban J connectivity index is 2.42. The number of hydrogen-bond donors (Lipinski definition) is 0. The maximum atomic E-state index is 5.07.